The van der Waals surface area contributed by atoms with Crippen LogP contribution < -0.4 is 11.1 Å². The smallest absolute Gasteiger partial charge is 0.337 e. The number of aromatic amines is 2. The molecule has 0 aliphatic carbocycles. The number of amides is 3. The fourth-order valence-corrected chi connectivity index (χ4v) is 10.1. The van der Waals surface area contributed by atoms with E-state index in [0.29, 0.717) is 50.7 Å². The standard InChI is InChI=1S/C50H38F8N12O5/c51-35-9-5-25(19-37-29-3-1-2-4-31(29)42(71)63-61-37)17-33(35)44(73)67-13-15-69-39(23-67)41(60-48(69)50(56,57)58)46(75)66-12-11-28(22-66)27-7-8-30-32(21-27)43(72)64-62-38(30)20-26-6-10-36(52)34(18-26)45(74)68-14-16-70-40(24-68)59-47(65-70)49(53,54)55/h1-10,17-18,21,28H,11-16,19-20,22-24H2,(H,63,71)(H,64,72). The molecular weight excluding hydrogens is 1000 g/mol. The number of aromatic nitrogens is 9. The van der Waals surface area contributed by atoms with Crippen molar-refractivity contribution in [3.8, 4) is 0 Å². The van der Waals surface area contributed by atoms with Gasteiger partial charge >= 0.3 is 12.4 Å². The SMILES string of the molecule is O=C(c1cc(Cc2n[nH]c(=O)c3cc(C4CCN(C(=O)c5nc(C(F)(F)F)n6c5CN(C(=O)c5cc(Cc7n[nH]c(=O)c8ccccc78)ccc5F)CC6)C4)ccc23)ccc1F)N1CCn2nc(C(F)(F)F)nc2C1. The summed E-state index contributed by atoms with van der Waals surface area (Å²) in [5.41, 5.74) is -0.0152. The van der Waals surface area contributed by atoms with E-state index in [4.69, 9.17) is 0 Å². The van der Waals surface area contributed by atoms with Crippen LogP contribution in [0.1, 0.15) is 94.8 Å². The number of hydrogen-bond donors (Lipinski definition) is 2. The molecule has 0 bridgehead atoms. The number of rotatable bonds is 8. The van der Waals surface area contributed by atoms with Gasteiger partial charge in [-0.3, -0.25) is 24.0 Å². The van der Waals surface area contributed by atoms with E-state index in [1.807, 2.05) is 0 Å². The maximum Gasteiger partial charge on any atom is 0.453 e. The predicted molar refractivity (Wildman–Crippen MR) is 248 cm³/mol. The van der Waals surface area contributed by atoms with E-state index in [0.717, 1.165) is 26.3 Å². The lowest BCUT2D eigenvalue weighted by Gasteiger charge is -2.30. The van der Waals surface area contributed by atoms with E-state index < -0.39 is 83.3 Å². The van der Waals surface area contributed by atoms with Crippen molar-refractivity contribution in [2.45, 2.75) is 63.7 Å². The molecule has 3 aliphatic rings. The summed E-state index contributed by atoms with van der Waals surface area (Å²) in [7, 11) is 0. The highest BCUT2D eigenvalue weighted by atomic mass is 19.4. The van der Waals surface area contributed by atoms with Gasteiger partial charge in [0.1, 0.15) is 17.5 Å². The molecule has 75 heavy (non-hydrogen) atoms. The summed E-state index contributed by atoms with van der Waals surface area (Å²) in [5.74, 6) is -7.33. The molecule has 384 valence electrons. The number of carbonyl (C=O) groups excluding carboxylic acids is 3. The van der Waals surface area contributed by atoms with Crippen molar-refractivity contribution in [1.29, 1.82) is 0 Å². The predicted octanol–water partition coefficient (Wildman–Crippen LogP) is 6.39. The maximum absolute atomic E-state index is 15.4. The van der Waals surface area contributed by atoms with Gasteiger partial charge < -0.3 is 19.3 Å². The first-order valence-corrected chi connectivity index (χ1v) is 23.4. The van der Waals surface area contributed by atoms with E-state index in [9.17, 15) is 50.3 Å². The first-order valence-electron chi connectivity index (χ1n) is 23.4. The molecule has 1 fully saturated rings. The van der Waals surface area contributed by atoms with E-state index in [1.54, 1.807) is 42.5 Å². The molecule has 4 aromatic carbocycles. The Morgan fingerprint density at radius 3 is 1.85 bits per heavy atom. The quantitative estimate of drug-likeness (QED) is 0.161. The van der Waals surface area contributed by atoms with E-state index in [2.05, 4.69) is 35.5 Å². The molecule has 8 aromatic rings. The van der Waals surface area contributed by atoms with Gasteiger partial charge in [0.25, 0.3) is 34.7 Å². The Morgan fingerprint density at radius 2 is 1.21 bits per heavy atom. The van der Waals surface area contributed by atoms with Crippen molar-refractivity contribution >= 4 is 39.3 Å². The number of carbonyl (C=O) groups is 3. The molecule has 3 amide bonds. The Labute approximate surface area is 416 Å². The van der Waals surface area contributed by atoms with E-state index in [-0.39, 0.29) is 86.1 Å². The Bertz CT molecular complexity index is 3790. The van der Waals surface area contributed by atoms with Crippen LogP contribution in [0.2, 0.25) is 0 Å². The summed E-state index contributed by atoms with van der Waals surface area (Å²) in [6.07, 6.45) is -9.30. The van der Waals surface area contributed by atoms with Crippen LogP contribution in [-0.2, 0) is 51.4 Å². The number of likely N-dealkylation sites (tertiary alicyclic amines) is 1. The van der Waals surface area contributed by atoms with Crippen LogP contribution in [0.15, 0.2) is 88.5 Å². The van der Waals surface area contributed by atoms with Crippen LogP contribution in [0.4, 0.5) is 35.1 Å². The lowest BCUT2D eigenvalue weighted by molar-refractivity contribution is -0.147. The highest BCUT2D eigenvalue weighted by Gasteiger charge is 2.44. The number of halogens is 8. The molecule has 1 saturated heterocycles. The second-order valence-electron chi connectivity index (χ2n) is 18.5. The number of nitrogens with zero attached hydrogens (tertiary/aromatic N) is 10. The molecule has 25 heteroatoms. The second kappa shape index (κ2) is 18.4. The summed E-state index contributed by atoms with van der Waals surface area (Å²) in [4.78, 5) is 78.4. The Morgan fingerprint density at radius 1 is 0.613 bits per heavy atom. The summed E-state index contributed by atoms with van der Waals surface area (Å²) >= 11 is 0. The Hall–Kier alpha value is -8.64. The monoisotopic (exact) mass is 1040 g/mol. The van der Waals surface area contributed by atoms with Crippen LogP contribution in [0.5, 0.6) is 0 Å². The van der Waals surface area contributed by atoms with Crippen molar-refractivity contribution in [3.05, 3.63) is 179 Å². The molecule has 17 nitrogen and oxygen atoms in total. The van der Waals surface area contributed by atoms with Crippen LogP contribution >= 0.6 is 0 Å². The maximum atomic E-state index is 15.4. The van der Waals surface area contributed by atoms with Crippen molar-refractivity contribution in [2.75, 3.05) is 26.2 Å². The zero-order valence-corrected chi connectivity index (χ0v) is 38.9. The topological polar surface area (TPSA) is 201 Å². The van der Waals surface area contributed by atoms with Crippen LogP contribution in [0.25, 0.3) is 21.5 Å². The number of hydrogen-bond acceptors (Lipinski definition) is 10. The fraction of sp³-hybridized carbons (Fsp3) is 0.280. The largest absolute Gasteiger partial charge is 0.453 e. The number of H-pyrrole nitrogens is 2. The lowest BCUT2D eigenvalue weighted by Crippen LogP contribution is -2.40. The highest BCUT2D eigenvalue weighted by Crippen LogP contribution is 2.36. The van der Waals surface area contributed by atoms with Gasteiger partial charge in [-0.2, -0.15) is 36.5 Å². The van der Waals surface area contributed by atoms with E-state index >= 15 is 8.78 Å². The Balaban J connectivity index is 0.797. The molecule has 1 atom stereocenters. The van der Waals surface area contributed by atoms with Gasteiger partial charge in [0.05, 0.1) is 58.6 Å². The van der Waals surface area contributed by atoms with Gasteiger partial charge in [0, 0.05) is 62.3 Å². The molecule has 11 rings (SSSR count). The van der Waals surface area contributed by atoms with Crippen molar-refractivity contribution in [2.24, 2.45) is 0 Å². The summed E-state index contributed by atoms with van der Waals surface area (Å²) in [5, 5.41) is 18.3. The summed E-state index contributed by atoms with van der Waals surface area (Å²) < 4.78 is 116. The average molecular weight is 1040 g/mol. The lowest BCUT2D eigenvalue weighted by atomic mass is 9.95. The van der Waals surface area contributed by atoms with Gasteiger partial charge in [-0.05, 0) is 59.5 Å². The van der Waals surface area contributed by atoms with Crippen LogP contribution in [-0.4, -0.2) is 103 Å². The van der Waals surface area contributed by atoms with Gasteiger partial charge in [0.2, 0.25) is 5.82 Å². The number of benzene rings is 4. The molecule has 7 heterocycles. The molecule has 3 aliphatic heterocycles. The van der Waals surface area contributed by atoms with Gasteiger partial charge in [-0.25, -0.2) is 33.6 Å². The van der Waals surface area contributed by atoms with Crippen LogP contribution in [0, 0.1) is 11.6 Å². The number of nitrogens with one attached hydrogen (secondary N) is 2. The number of fused-ring (bicyclic) bond motifs is 4. The zero-order chi connectivity index (χ0) is 52.7. The Kier molecular flexibility index (Phi) is 11.9. The van der Waals surface area contributed by atoms with Crippen molar-refractivity contribution in [3.63, 3.8) is 0 Å². The summed E-state index contributed by atoms with van der Waals surface area (Å²) in [6.45, 7) is -1.48. The second-order valence-corrected chi connectivity index (χ2v) is 18.5. The number of imidazole rings is 1. The third kappa shape index (κ3) is 9.04. The van der Waals surface area contributed by atoms with Gasteiger partial charge in [0.15, 0.2) is 5.69 Å². The average Bonchev–Trinajstić information content (AvgIpc) is 4.17. The number of alkyl halides is 6. The molecule has 2 N–H and O–H groups in total. The minimum absolute atomic E-state index is 0.00891. The van der Waals surface area contributed by atoms with Crippen molar-refractivity contribution < 1.29 is 49.5 Å². The zero-order valence-electron chi connectivity index (χ0n) is 38.9. The van der Waals surface area contributed by atoms with Gasteiger partial charge in [-0.1, -0.05) is 42.5 Å². The third-order valence-electron chi connectivity index (χ3n) is 13.8. The molecule has 1 unspecified atom stereocenters. The first-order chi connectivity index (χ1) is 35.8. The molecule has 0 saturated carbocycles. The fourth-order valence-electron chi connectivity index (χ4n) is 10.1. The third-order valence-corrected chi connectivity index (χ3v) is 13.8. The minimum Gasteiger partial charge on any atom is -0.337 e. The minimum atomic E-state index is -4.97. The molecule has 0 radical (unpaired) electrons. The highest BCUT2D eigenvalue weighted by molar-refractivity contribution is 5.97. The van der Waals surface area contributed by atoms with Crippen molar-refractivity contribution in [1.82, 2.24) is 59.4 Å². The van der Waals surface area contributed by atoms with E-state index in [1.165, 1.54) is 34.1 Å². The molecule has 0 spiro atoms. The van der Waals surface area contributed by atoms with Crippen LogP contribution in [0.3, 0.4) is 0 Å². The van der Waals surface area contributed by atoms with Gasteiger partial charge in [-0.15, -0.1) is 5.10 Å². The molecule has 4 aromatic heterocycles. The first kappa shape index (κ1) is 48.6. The normalized spacial score (nSPS) is 15.9. The summed E-state index contributed by atoms with van der Waals surface area (Å²) in [6, 6.07) is 19.4. The molecular formula is C50H38F8N12O5.